The molecule has 122 valence electrons. The summed E-state index contributed by atoms with van der Waals surface area (Å²) in [7, 11) is 2.17. The molecule has 1 aliphatic carbocycles. The lowest BCUT2D eigenvalue weighted by atomic mass is 9.89. The van der Waals surface area contributed by atoms with Gasteiger partial charge in [0.1, 0.15) is 7.05 Å². The lowest BCUT2D eigenvalue weighted by Gasteiger charge is -2.15. The maximum Gasteiger partial charge on any atom is 0.213 e. The van der Waals surface area contributed by atoms with Crippen molar-refractivity contribution in [1.82, 2.24) is 0 Å². The maximum absolute atomic E-state index is 2.46. The van der Waals surface area contributed by atoms with Crippen molar-refractivity contribution >= 4 is 10.8 Å². The van der Waals surface area contributed by atoms with Gasteiger partial charge in [0.25, 0.3) is 0 Å². The number of fused-ring (bicyclic) bond motifs is 1. The van der Waals surface area contributed by atoms with Crippen LogP contribution in [0.25, 0.3) is 22.0 Å². The van der Waals surface area contributed by atoms with E-state index in [1.807, 2.05) is 0 Å². The first-order valence-electron chi connectivity index (χ1n) is 9.13. The predicted molar refractivity (Wildman–Crippen MR) is 101 cm³/mol. The zero-order valence-electron chi connectivity index (χ0n) is 15.0. The number of benzene rings is 2. The molecule has 3 aromatic rings. The zero-order chi connectivity index (χ0) is 16.7. The number of rotatable bonds is 2. The largest absolute Gasteiger partial charge is 0.213 e. The molecule has 0 atom stereocenters. The molecule has 0 radical (unpaired) electrons. The van der Waals surface area contributed by atoms with Gasteiger partial charge in [-0.2, -0.15) is 0 Å². The monoisotopic (exact) mass is 316 g/mol. The van der Waals surface area contributed by atoms with Gasteiger partial charge in [0.05, 0.1) is 0 Å². The normalized spacial score (nSPS) is 15.3. The highest BCUT2D eigenvalue weighted by atomic mass is 14.9. The first-order chi connectivity index (χ1) is 11.6. The molecule has 4 rings (SSSR count). The second kappa shape index (κ2) is 6.05. The van der Waals surface area contributed by atoms with Crippen molar-refractivity contribution in [1.29, 1.82) is 0 Å². The summed E-state index contributed by atoms with van der Waals surface area (Å²) < 4.78 is 2.28. The van der Waals surface area contributed by atoms with Gasteiger partial charge < -0.3 is 0 Å². The summed E-state index contributed by atoms with van der Waals surface area (Å²) in [4.78, 5) is 0. The van der Waals surface area contributed by atoms with Crippen molar-refractivity contribution in [3.63, 3.8) is 0 Å². The highest BCUT2D eigenvalue weighted by molar-refractivity contribution is 5.84. The number of aromatic nitrogens is 1. The minimum Gasteiger partial charge on any atom is -0.200 e. The van der Waals surface area contributed by atoms with E-state index >= 15 is 0 Å². The molecule has 0 amide bonds. The Hall–Kier alpha value is -2.15. The fraction of sp³-hybridized carbons (Fsp3) is 0.348. The van der Waals surface area contributed by atoms with Crippen LogP contribution in [-0.2, 0) is 7.05 Å². The predicted octanol–water partition coefficient (Wildman–Crippen LogP) is 5.61. The summed E-state index contributed by atoms with van der Waals surface area (Å²) in [6.07, 6.45) is 7.73. The van der Waals surface area contributed by atoms with Gasteiger partial charge in [-0.05, 0) is 66.8 Å². The summed E-state index contributed by atoms with van der Waals surface area (Å²) in [5, 5.41) is 2.61. The summed E-state index contributed by atoms with van der Waals surface area (Å²) in [6.45, 7) is 4.52. The molecule has 2 aromatic carbocycles. The van der Waals surface area contributed by atoms with E-state index < -0.39 is 0 Å². The quantitative estimate of drug-likeness (QED) is 0.541. The fourth-order valence-corrected chi connectivity index (χ4v) is 4.20. The summed E-state index contributed by atoms with van der Waals surface area (Å²) in [6, 6.07) is 15.9. The summed E-state index contributed by atoms with van der Waals surface area (Å²) in [5.41, 5.74) is 7.07. The maximum atomic E-state index is 2.46. The Balaban J connectivity index is 1.90. The molecule has 0 unspecified atom stereocenters. The average Bonchev–Trinajstić information content (AvgIpc) is 3.11. The van der Waals surface area contributed by atoms with Crippen LogP contribution in [0.3, 0.4) is 0 Å². The molecule has 1 aliphatic rings. The van der Waals surface area contributed by atoms with Gasteiger partial charge in [0.2, 0.25) is 5.69 Å². The second-order valence-electron chi connectivity index (χ2n) is 7.39. The van der Waals surface area contributed by atoms with E-state index in [2.05, 4.69) is 74.1 Å². The molecule has 1 heterocycles. The molecule has 1 saturated carbocycles. The molecule has 0 saturated heterocycles. The molecule has 0 aliphatic heterocycles. The Bertz CT molecular complexity index is 901. The smallest absolute Gasteiger partial charge is 0.200 e. The molecule has 1 fully saturated rings. The van der Waals surface area contributed by atoms with Crippen molar-refractivity contribution in [2.75, 3.05) is 0 Å². The molecule has 0 bridgehead atoms. The molecule has 24 heavy (non-hydrogen) atoms. The molecular formula is C23H26N+. The van der Waals surface area contributed by atoms with Crippen LogP contribution in [0.5, 0.6) is 0 Å². The zero-order valence-corrected chi connectivity index (χ0v) is 15.0. The average molecular weight is 316 g/mol. The first-order valence-corrected chi connectivity index (χ1v) is 9.13. The Morgan fingerprint density at radius 1 is 0.917 bits per heavy atom. The summed E-state index contributed by atoms with van der Waals surface area (Å²) in [5.74, 6) is 0.758. The van der Waals surface area contributed by atoms with E-state index in [1.165, 1.54) is 58.8 Å². The van der Waals surface area contributed by atoms with E-state index in [1.54, 1.807) is 5.56 Å². The van der Waals surface area contributed by atoms with Crippen LogP contribution in [-0.4, -0.2) is 0 Å². The number of hydrogen-bond acceptors (Lipinski definition) is 0. The Kier molecular flexibility index (Phi) is 3.88. The third-order valence-corrected chi connectivity index (χ3v) is 5.79. The summed E-state index contributed by atoms with van der Waals surface area (Å²) >= 11 is 0. The van der Waals surface area contributed by atoms with Crippen molar-refractivity contribution in [2.24, 2.45) is 7.05 Å². The van der Waals surface area contributed by atoms with E-state index in [0.29, 0.717) is 0 Å². The molecule has 1 nitrogen and oxygen atoms in total. The Morgan fingerprint density at radius 3 is 2.38 bits per heavy atom. The molecule has 0 N–H and O–H groups in total. The van der Waals surface area contributed by atoms with Crippen LogP contribution < -0.4 is 4.57 Å². The second-order valence-corrected chi connectivity index (χ2v) is 7.39. The van der Waals surface area contributed by atoms with Crippen LogP contribution in [0.2, 0.25) is 0 Å². The van der Waals surface area contributed by atoms with Gasteiger partial charge in [0.15, 0.2) is 6.20 Å². The lowest BCUT2D eigenvalue weighted by molar-refractivity contribution is -0.659. The van der Waals surface area contributed by atoms with Gasteiger partial charge >= 0.3 is 0 Å². The van der Waals surface area contributed by atoms with Crippen LogP contribution in [0, 0.1) is 13.8 Å². The number of hydrogen-bond donors (Lipinski definition) is 0. The van der Waals surface area contributed by atoms with Crippen molar-refractivity contribution in [3.8, 4) is 11.3 Å². The van der Waals surface area contributed by atoms with Crippen LogP contribution in [0.1, 0.15) is 48.3 Å². The standard InChI is InChI=1S/C23H26N/c1-16-12-21(18-8-4-5-9-18)13-22(17(16)2)23-14-19-10-6-7-11-20(19)15-24(23)3/h6-7,10-15,18H,4-5,8-9H2,1-3H3/q+1. The molecule has 1 aromatic heterocycles. The third kappa shape index (κ3) is 2.62. The Labute approximate surface area is 145 Å². The van der Waals surface area contributed by atoms with Gasteiger partial charge in [-0.15, -0.1) is 0 Å². The van der Waals surface area contributed by atoms with E-state index in [-0.39, 0.29) is 0 Å². The molecule has 1 heteroatoms. The molecular weight excluding hydrogens is 290 g/mol. The number of aryl methyl sites for hydroxylation is 2. The number of pyridine rings is 1. The topological polar surface area (TPSA) is 3.88 Å². The van der Waals surface area contributed by atoms with Gasteiger partial charge in [-0.3, -0.25) is 0 Å². The highest BCUT2D eigenvalue weighted by Crippen LogP contribution is 2.37. The van der Waals surface area contributed by atoms with Gasteiger partial charge in [-0.1, -0.05) is 37.1 Å². The van der Waals surface area contributed by atoms with E-state index in [9.17, 15) is 0 Å². The highest BCUT2D eigenvalue weighted by Gasteiger charge is 2.21. The first kappa shape index (κ1) is 15.4. The van der Waals surface area contributed by atoms with Crippen LogP contribution in [0.4, 0.5) is 0 Å². The fourth-order valence-electron chi connectivity index (χ4n) is 4.20. The van der Waals surface area contributed by atoms with Gasteiger partial charge in [-0.25, -0.2) is 4.57 Å². The van der Waals surface area contributed by atoms with E-state index in [0.717, 1.165) is 5.92 Å². The number of nitrogens with zero attached hydrogens (tertiary/aromatic N) is 1. The minimum absolute atomic E-state index is 0.758. The van der Waals surface area contributed by atoms with Crippen LogP contribution in [0.15, 0.2) is 48.7 Å². The van der Waals surface area contributed by atoms with Crippen molar-refractivity contribution in [3.05, 3.63) is 65.4 Å². The third-order valence-electron chi connectivity index (χ3n) is 5.79. The van der Waals surface area contributed by atoms with Crippen LogP contribution >= 0.6 is 0 Å². The molecule has 0 spiro atoms. The van der Waals surface area contributed by atoms with E-state index in [4.69, 9.17) is 0 Å². The Morgan fingerprint density at radius 2 is 1.62 bits per heavy atom. The lowest BCUT2D eigenvalue weighted by Crippen LogP contribution is -2.30. The van der Waals surface area contributed by atoms with Crippen molar-refractivity contribution in [2.45, 2.75) is 45.4 Å². The van der Waals surface area contributed by atoms with Crippen molar-refractivity contribution < 1.29 is 4.57 Å². The SMILES string of the molecule is Cc1cc(C2CCCC2)cc(-c2cc3ccccc3c[n+]2C)c1C. The minimum atomic E-state index is 0.758. The van der Waals surface area contributed by atoms with Gasteiger partial charge in [0, 0.05) is 17.0 Å².